The van der Waals surface area contributed by atoms with Gasteiger partial charge in [0.25, 0.3) is 0 Å². The van der Waals surface area contributed by atoms with E-state index in [4.69, 9.17) is 9.47 Å². The van der Waals surface area contributed by atoms with Gasteiger partial charge in [-0.25, -0.2) is 0 Å². The van der Waals surface area contributed by atoms with E-state index in [2.05, 4.69) is 46.5 Å². The van der Waals surface area contributed by atoms with Crippen molar-refractivity contribution in [3.05, 3.63) is 29.3 Å². The maximum absolute atomic E-state index is 5.52. The molecule has 1 fully saturated rings. The summed E-state index contributed by atoms with van der Waals surface area (Å²) in [5.41, 5.74) is 2.37. The van der Waals surface area contributed by atoms with Crippen LogP contribution >= 0.6 is 0 Å². The van der Waals surface area contributed by atoms with Gasteiger partial charge in [-0.05, 0) is 51.8 Å². The molecule has 1 saturated heterocycles. The molecule has 0 radical (unpaired) electrons. The number of likely N-dealkylation sites (tertiary alicyclic amines) is 1. The molecule has 1 atom stereocenters. The monoisotopic (exact) mass is 376 g/mol. The fourth-order valence-electron chi connectivity index (χ4n) is 3.55. The molecule has 1 aromatic carbocycles. The maximum Gasteiger partial charge on any atom is 0.191 e. The summed E-state index contributed by atoms with van der Waals surface area (Å²) < 4.78 is 10.7. The van der Waals surface area contributed by atoms with Gasteiger partial charge in [-0.3, -0.25) is 4.99 Å². The van der Waals surface area contributed by atoms with Crippen molar-refractivity contribution in [1.29, 1.82) is 0 Å². The van der Waals surface area contributed by atoms with E-state index in [1.807, 2.05) is 13.1 Å². The van der Waals surface area contributed by atoms with E-state index in [1.54, 1.807) is 14.2 Å². The molecule has 6 heteroatoms. The van der Waals surface area contributed by atoms with Crippen molar-refractivity contribution in [2.24, 2.45) is 10.9 Å². The average molecular weight is 377 g/mol. The Morgan fingerprint density at radius 1 is 1.30 bits per heavy atom. The van der Waals surface area contributed by atoms with E-state index >= 15 is 0 Å². The molecule has 0 aliphatic carbocycles. The third-order valence-corrected chi connectivity index (χ3v) is 5.31. The summed E-state index contributed by atoms with van der Waals surface area (Å²) in [5, 5.41) is 7.00. The van der Waals surface area contributed by atoms with Crippen molar-refractivity contribution in [3.63, 3.8) is 0 Å². The highest BCUT2D eigenvalue weighted by atomic mass is 16.5. The predicted molar refractivity (Wildman–Crippen MR) is 112 cm³/mol. The lowest BCUT2D eigenvalue weighted by molar-refractivity contribution is 0.121. The van der Waals surface area contributed by atoms with Crippen molar-refractivity contribution in [2.45, 2.75) is 32.7 Å². The molecule has 6 nitrogen and oxygen atoms in total. The molecule has 152 valence electrons. The van der Waals surface area contributed by atoms with Gasteiger partial charge in [-0.1, -0.05) is 17.7 Å². The SMILES string of the molecule is CN=C(NCC1CCN(CCOC)CC1)NC(C)c1cc(C)ccc1OC. The number of hydrogen-bond donors (Lipinski definition) is 2. The first-order chi connectivity index (χ1) is 13.1. The molecule has 1 aliphatic heterocycles. The third kappa shape index (κ3) is 6.70. The Hall–Kier alpha value is -1.79. The normalized spacial score (nSPS) is 17.6. The van der Waals surface area contributed by atoms with Crippen molar-refractivity contribution in [2.75, 3.05) is 54.1 Å². The van der Waals surface area contributed by atoms with Gasteiger partial charge in [0.05, 0.1) is 19.8 Å². The molecule has 0 aromatic heterocycles. The van der Waals surface area contributed by atoms with Gasteiger partial charge >= 0.3 is 0 Å². The summed E-state index contributed by atoms with van der Waals surface area (Å²) in [6.45, 7) is 9.35. The molecule has 2 N–H and O–H groups in total. The second kappa shape index (κ2) is 11.1. The number of hydrogen-bond acceptors (Lipinski definition) is 4. The lowest BCUT2D eigenvalue weighted by Crippen LogP contribution is -2.44. The van der Waals surface area contributed by atoms with E-state index in [0.29, 0.717) is 5.92 Å². The van der Waals surface area contributed by atoms with Crippen LogP contribution in [0.2, 0.25) is 0 Å². The summed E-state index contributed by atoms with van der Waals surface area (Å²) in [6.07, 6.45) is 2.43. The van der Waals surface area contributed by atoms with Gasteiger partial charge in [-0.2, -0.15) is 0 Å². The number of guanidine groups is 1. The summed E-state index contributed by atoms with van der Waals surface area (Å²) in [6, 6.07) is 6.37. The number of methoxy groups -OCH3 is 2. The molecule has 2 rings (SSSR count). The predicted octanol–water partition coefficient (Wildman–Crippen LogP) is 2.59. The molecule has 0 amide bonds. The molecule has 1 unspecified atom stereocenters. The number of ether oxygens (including phenoxy) is 2. The second-order valence-corrected chi connectivity index (χ2v) is 7.34. The Labute approximate surface area is 164 Å². The number of nitrogens with one attached hydrogen (secondary N) is 2. The van der Waals surface area contributed by atoms with E-state index in [9.17, 15) is 0 Å². The minimum atomic E-state index is 0.113. The highest BCUT2D eigenvalue weighted by Gasteiger charge is 2.19. The topological polar surface area (TPSA) is 58.1 Å². The van der Waals surface area contributed by atoms with Crippen LogP contribution in [0, 0.1) is 12.8 Å². The molecule has 27 heavy (non-hydrogen) atoms. The fraction of sp³-hybridized carbons (Fsp3) is 0.667. The zero-order valence-corrected chi connectivity index (χ0v) is 17.5. The number of aliphatic imine (C=N–C) groups is 1. The summed E-state index contributed by atoms with van der Waals surface area (Å²) in [4.78, 5) is 6.88. The first-order valence-corrected chi connectivity index (χ1v) is 9.90. The minimum absolute atomic E-state index is 0.113. The molecule has 0 spiro atoms. The van der Waals surface area contributed by atoms with Crippen LogP contribution in [0.5, 0.6) is 5.75 Å². The van der Waals surface area contributed by atoms with Gasteiger partial charge in [0.2, 0.25) is 0 Å². The van der Waals surface area contributed by atoms with Gasteiger partial charge < -0.3 is 25.0 Å². The Bertz CT molecular complexity index is 598. The molecule has 0 bridgehead atoms. The molecular weight excluding hydrogens is 340 g/mol. The minimum Gasteiger partial charge on any atom is -0.496 e. The Morgan fingerprint density at radius 2 is 2.04 bits per heavy atom. The first-order valence-electron chi connectivity index (χ1n) is 9.90. The van der Waals surface area contributed by atoms with E-state index in [1.165, 1.54) is 18.4 Å². The number of piperidine rings is 1. The largest absolute Gasteiger partial charge is 0.496 e. The van der Waals surface area contributed by atoms with Crippen molar-refractivity contribution < 1.29 is 9.47 Å². The van der Waals surface area contributed by atoms with Crippen molar-refractivity contribution >= 4 is 5.96 Å². The third-order valence-electron chi connectivity index (χ3n) is 5.31. The van der Waals surface area contributed by atoms with Crippen molar-refractivity contribution in [1.82, 2.24) is 15.5 Å². The van der Waals surface area contributed by atoms with E-state index < -0.39 is 0 Å². The quantitative estimate of drug-likeness (QED) is 0.539. The van der Waals surface area contributed by atoms with Crippen LogP contribution in [0.25, 0.3) is 0 Å². The highest BCUT2D eigenvalue weighted by molar-refractivity contribution is 5.80. The molecule has 1 aromatic rings. The van der Waals surface area contributed by atoms with Crippen LogP contribution < -0.4 is 15.4 Å². The summed E-state index contributed by atoms with van der Waals surface area (Å²) >= 11 is 0. The van der Waals surface area contributed by atoms with Gasteiger partial charge in [0.1, 0.15) is 5.75 Å². The summed E-state index contributed by atoms with van der Waals surface area (Å²) in [5.74, 6) is 2.43. The maximum atomic E-state index is 5.52. The van der Waals surface area contributed by atoms with Crippen molar-refractivity contribution in [3.8, 4) is 5.75 Å². The fourth-order valence-corrected chi connectivity index (χ4v) is 3.55. The van der Waals surface area contributed by atoms with E-state index in [-0.39, 0.29) is 6.04 Å². The Balaban J connectivity index is 1.82. The first kappa shape index (κ1) is 21.5. The van der Waals surface area contributed by atoms with Gasteiger partial charge in [-0.15, -0.1) is 0 Å². The standard InChI is InChI=1S/C21H36N4O2/c1-16-6-7-20(27-5)19(14-16)17(2)24-21(22-3)23-15-18-8-10-25(11-9-18)12-13-26-4/h6-7,14,17-18H,8-13,15H2,1-5H3,(H2,22,23,24). The second-order valence-electron chi connectivity index (χ2n) is 7.34. The molecule has 0 saturated carbocycles. The highest BCUT2D eigenvalue weighted by Crippen LogP contribution is 2.26. The van der Waals surface area contributed by atoms with Crippen LogP contribution in [0.4, 0.5) is 0 Å². The van der Waals surface area contributed by atoms with Gasteiger partial charge in [0.15, 0.2) is 5.96 Å². The Morgan fingerprint density at radius 3 is 2.67 bits per heavy atom. The van der Waals surface area contributed by atoms with Crippen LogP contribution in [0.1, 0.15) is 36.9 Å². The lowest BCUT2D eigenvalue weighted by atomic mass is 9.97. The smallest absolute Gasteiger partial charge is 0.191 e. The number of benzene rings is 1. The molecular formula is C21H36N4O2. The average Bonchev–Trinajstić information content (AvgIpc) is 2.70. The number of rotatable bonds is 8. The van der Waals surface area contributed by atoms with E-state index in [0.717, 1.165) is 50.1 Å². The zero-order valence-electron chi connectivity index (χ0n) is 17.5. The van der Waals surface area contributed by atoms with Crippen LogP contribution in [-0.4, -0.2) is 64.9 Å². The Kier molecular flexibility index (Phi) is 8.88. The lowest BCUT2D eigenvalue weighted by Gasteiger charge is -2.32. The van der Waals surface area contributed by atoms with Crippen LogP contribution in [0.15, 0.2) is 23.2 Å². The molecule has 1 heterocycles. The van der Waals surface area contributed by atoms with Crippen LogP contribution in [-0.2, 0) is 4.74 Å². The zero-order chi connectivity index (χ0) is 19.6. The van der Waals surface area contributed by atoms with Gasteiger partial charge in [0, 0.05) is 32.8 Å². The number of nitrogens with zero attached hydrogens (tertiary/aromatic N) is 2. The molecule has 1 aliphatic rings. The van der Waals surface area contributed by atoms with Crippen LogP contribution in [0.3, 0.4) is 0 Å². The number of aryl methyl sites for hydroxylation is 1. The summed E-state index contributed by atoms with van der Waals surface area (Å²) in [7, 11) is 5.30.